The molecule has 3 nitrogen and oxygen atoms in total. The quantitative estimate of drug-likeness (QED) is 0.874. The first kappa shape index (κ1) is 14.5. The summed E-state index contributed by atoms with van der Waals surface area (Å²) in [6.45, 7) is 8.08. The Morgan fingerprint density at radius 2 is 1.79 bits per heavy atom. The van der Waals surface area contributed by atoms with Gasteiger partial charge >= 0.3 is 0 Å². The monoisotopic (exact) mass is 262 g/mol. The molecule has 0 amide bonds. The summed E-state index contributed by atoms with van der Waals surface area (Å²) < 4.78 is 0. The van der Waals surface area contributed by atoms with Gasteiger partial charge in [0.2, 0.25) is 0 Å². The van der Waals surface area contributed by atoms with Gasteiger partial charge < -0.3 is 10.8 Å². The molecular formula is C16H26N2O. The summed E-state index contributed by atoms with van der Waals surface area (Å²) >= 11 is 0. The Hall–Kier alpha value is -0.900. The number of benzene rings is 1. The number of hydrogen-bond acceptors (Lipinski definition) is 3. The fraction of sp³-hybridized carbons (Fsp3) is 0.625. The first-order valence-electron chi connectivity index (χ1n) is 7.27. The number of aliphatic hydroxyl groups is 1. The van der Waals surface area contributed by atoms with E-state index in [0.29, 0.717) is 6.54 Å². The lowest BCUT2D eigenvalue weighted by Gasteiger charge is -2.36. The topological polar surface area (TPSA) is 49.5 Å². The summed E-state index contributed by atoms with van der Waals surface area (Å²) in [5.41, 5.74) is 7.68. The van der Waals surface area contributed by atoms with E-state index in [-0.39, 0.29) is 0 Å². The lowest BCUT2D eigenvalue weighted by molar-refractivity contribution is 0.0699. The van der Waals surface area contributed by atoms with Gasteiger partial charge in [0.15, 0.2) is 0 Å². The fourth-order valence-corrected chi connectivity index (χ4v) is 3.17. The molecule has 3 unspecified atom stereocenters. The molecule has 1 aliphatic rings. The highest BCUT2D eigenvalue weighted by Gasteiger charge is 2.23. The zero-order valence-electron chi connectivity index (χ0n) is 12.0. The predicted molar refractivity (Wildman–Crippen MR) is 78.7 cm³/mol. The number of β-amino-alcohol motifs (C(OH)–C–C–N with tert-alkyl or cyclic N) is 1. The van der Waals surface area contributed by atoms with Gasteiger partial charge in [-0.3, -0.25) is 4.90 Å². The summed E-state index contributed by atoms with van der Waals surface area (Å²) in [6.07, 6.45) is 0.905. The number of hydrogen-bond donors (Lipinski definition) is 2. The van der Waals surface area contributed by atoms with Gasteiger partial charge in [-0.25, -0.2) is 0 Å². The van der Waals surface area contributed by atoms with E-state index in [0.717, 1.165) is 42.6 Å². The van der Waals surface area contributed by atoms with Gasteiger partial charge in [-0.2, -0.15) is 0 Å². The smallest absolute Gasteiger partial charge is 0.0916 e. The van der Waals surface area contributed by atoms with Crippen LogP contribution in [0.4, 0.5) is 0 Å². The minimum Gasteiger partial charge on any atom is -0.387 e. The SMILES string of the molecule is CC1CC(C)CN(CC(O)c2ccc(CN)cc2)C1. The van der Waals surface area contributed by atoms with Crippen molar-refractivity contribution in [2.24, 2.45) is 17.6 Å². The van der Waals surface area contributed by atoms with Crippen LogP contribution in [0.25, 0.3) is 0 Å². The van der Waals surface area contributed by atoms with Crippen molar-refractivity contribution in [1.82, 2.24) is 4.90 Å². The fourth-order valence-electron chi connectivity index (χ4n) is 3.17. The molecule has 106 valence electrons. The van der Waals surface area contributed by atoms with Crippen LogP contribution >= 0.6 is 0 Å². The molecule has 3 heteroatoms. The zero-order valence-corrected chi connectivity index (χ0v) is 12.0. The molecule has 1 fully saturated rings. The minimum atomic E-state index is -0.399. The van der Waals surface area contributed by atoms with Crippen LogP contribution in [0.2, 0.25) is 0 Å². The molecule has 1 aromatic carbocycles. The van der Waals surface area contributed by atoms with Crippen molar-refractivity contribution < 1.29 is 5.11 Å². The highest BCUT2D eigenvalue weighted by molar-refractivity contribution is 5.24. The first-order chi connectivity index (χ1) is 9.08. The van der Waals surface area contributed by atoms with Crippen molar-refractivity contribution in [3.8, 4) is 0 Å². The maximum absolute atomic E-state index is 10.3. The molecule has 1 aliphatic heterocycles. The van der Waals surface area contributed by atoms with Crippen molar-refractivity contribution in [3.05, 3.63) is 35.4 Å². The summed E-state index contributed by atoms with van der Waals surface area (Å²) in [4.78, 5) is 2.39. The summed E-state index contributed by atoms with van der Waals surface area (Å²) in [5.74, 6) is 1.46. The van der Waals surface area contributed by atoms with Crippen LogP contribution in [0.5, 0.6) is 0 Å². The van der Waals surface area contributed by atoms with Crippen LogP contribution in [0, 0.1) is 11.8 Å². The van der Waals surface area contributed by atoms with Crippen LogP contribution < -0.4 is 5.73 Å². The zero-order chi connectivity index (χ0) is 13.8. The Morgan fingerprint density at radius 3 is 2.32 bits per heavy atom. The molecule has 0 aliphatic carbocycles. The summed E-state index contributed by atoms with van der Waals surface area (Å²) in [5, 5.41) is 10.3. The number of aliphatic hydroxyl groups excluding tert-OH is 1. The minimum absolute atomic E-state index is 0.399. The van der Waals surface area contributed by atoms with Crippen LogP contribution in [0.15, 0.2) is 24.3 Å². The Labute approximate surface area is 116 Å². The number of likely N-dealkylation sites (tertiary alicyclic amines) is 1. The Balaban J connectivity index is 1.93. The van der Waals surface area contributed by atoms with E-state index in [2.05, 4.69) is 18.7 Å². The van der Waals surface area contributed by atoms with Crippen molar-refractivity contribution in [2.45, 2.75) is 32.9 Å². The molecule has 0 spiro atoms. The van der Waals surface area contributed by atoms with Gasteiger partial charge in [0, 0.05) is 26.2 Å². The lowest BCUT2D eigenvalue weighted by Crippen LogP contribution is -2.40. The second kappa shape index (κ2) is 6.51. The van der Waals surface area contributed by atoms with E-state index in [1.165, 1.54) is 6.42 Å². The first-order valence-corrected chi connectivity index (χ1v) is 7.27. The van der Waals surface area contributed by atoms with Gasteiger partial charge in [0.05, 0.1) is 6.10 Å². The van der Waals surface area contributed by atoms with Crippen LogP contribution in [-0.4, -0.2) is 29.6 Å². The van der Waals surface area contributed by atoms with Gasteiger partial charge in [-0.1, -0.05) is 38.1 Å². The Kier molecular flexibility index (Phi) is 4.97. The molecule has 3 N–H and O–H groups in total. The highest BCUT2D eigenvalue weighted by atomic mass is 16.3. The molecular weight excluding hydrogens is 236 g/mol. The Morgan fingerprint density at radius 1 is 1.21 bits per heavy atom. The van der Waals surface area contributed by atoms with E-state index in [1.807, 2.05) is 24.3 Å². The van der Waals surface area contributed by atoms with E-state index in [9.17, 15) is 5.11 Å². The molecule has 1 saturated heterocycles. The molecule has 3 atom stereocenters. The standard InChI is InChI=1S/C16H26N2O/c1-12-7-13(2)10-18(9-12)11-16(19)15-5-3-14(8-17)4-6-15/h3-6,12-13,16,19H,7-11,17H2,1-2H3. The third-order valence-electron chi connectivity index (χ3n) is 3.98. The lowest BCUT2D eigenvalue weighted by atomic mass is 9.91. The van der Waals surface area contributed by atoms with Gasteiger partial charge in [0.1, 0.15) is 0 Å². The molecule has 0 bridgehead atoms. The maximum atomic E-state index is 10.3. The Bertz CT molecular complexity index is 380. The average molecular weight is 262 g/mol. The highest BCUT2D eigenvalue weighted by Crippen LogP contribution is 2.23. The van der Waals surface area contributed by atoms with Crippen LogP contribution in [-0.2, 0) is 6.54 Å². The third kappa shape index (κ3) is 4.03. The van der Waals surface area contributed by atoms with E-state index < -0.39 is 6.10 Å². The van der Waals surface area contributed by atoms with Crippen molar-refractivity contribution in [2.75, 3.05) is 19.6 Å². The van der Waals surface area contributed by atoms with Crippen molar-refractivity contribution >= 4 is 0 Å². The third-order valence-corrected chi connectivity index (χ3v) is 3.98. The predicted octanol–water partition coefficient (Wildman–Crippen LogP) is 2.16. The van der Waals surface area contributed by atoms with Gasteiger partial charge in [-0.05, 0) is 29.4 Å². The van der Waals surface area contributed by atoms with Crippen LogP contribution in [0.1, 0.15) is 37.5 Å². The largest absolute Gasteiger partial charge is 0.387 e. The second-order valence-electron chi connectivity index (χ2n) is 6.13. The molecule has 0 radical (unpaired) electrons. The van der Waals surface area contributed by atoms with Crippen molar-refractivity contribution in [3.63, 3.8) is 0 Å². The van der Waals surface area contributed by atoms with Gasteiger partial charge in [-0.15, -0.1) is 0 Å². The van der Waals surface area contributed by atoms with E-state index in [1.54, 1.807) is 0 Å². The molecule has 1 heterocycles. The van der Waals surface area contributed by atoms with Crippen LogP contribution in [0.3, 0.4) is 0 Å². The number of nitrogens with zero attached hydrogens (tertiary/aromatic N) is 1. The average Bonchev–Trinajstić information content (AvgIpc) is 2.37. The number of piperidine rings is 1. The molecule has 1 aromatic rings. The molecule has 2 rings (SSSR count). The summed E-state index contributed by atoms with van der Waals surface area (Å²) in [7, 11) is 0. The molecule has 19 heavy (non-hydrogen) atoms. The maximum Gasteiger partial charge on any atom is 0.0916 e. The normalized spacial score (nSPS) is 26.3. The molecule has 0 saturated carbocycles. The van der Waals surface area contributed by atoms with Gasteiger partial charge in [0.25, 0.3) is 0 Å². The number of rotatable bonds is 4. The van der Waals surface area contributed by atoms with Crippen molar-refractivity contribution in [1.29, 1.82) is 0 Å². The molecule has 0 aromatic heterocycles. The second-order valence-corrected chi connectivity index (χ2v) is 6.13. The summed E-state index contributed by atoms with van der Waals surface area (Å²) in [6, 6.07) is 7.98. The number of nitrogens with two attached hydrogens (primary N) is 1. The van der Waals surface area contributed by atoms with E-state index >= 15 is 0 Å². The van der Waals surface area contributed by atoms with E-state index in [4.69, 9.17) is 5.73 Å².